The molecule has 0 saturated heterocycles. The Kier molecular flexibility index (Phi) is 3.82. The third kappa shape index (κ3) is 2.90. The van der Waals surface area contributed by atoms with Gasteiger partial charge in [0, 0.05) is 5.39 Å². The molecular formula is C13H14F3NO2. The van der Waals surface area contributed by atoms with Gasteiger partial charge in [0.15, 0.2) is 0 Å². The van der Waals surface area contributed by atoms with Crippen molar-refractivity contribution >= 4 is 11.0 Å². The third-order valence-corrected chi connectivity index (χ3v) is 2.91. The molecule has 2 N–H and O–H groups in total. The maximum Gasteiger partial charge on any atom is 0.406 e. The molecule has 3 nitrogen and oxygen atoms in total. The largest absolute Gasteiger partial charge is 0.464 e. The minimum atomic E-state index is -4.52. The maximum absolute atomic E-state index is 12.9. The molecule has 19 heavy (non-hydrogen) atoms. The molecule has 0 fully saturated rings. The Balaban J connectivity index is 2.32. The Bertz CT molecular complexity index is 550. The lowest BCUT2D eigenvalue weighted by Crippen LogP contribution is -2.46. The van der Waals surface area contributed by atoms with E-state index in [-0.39, 0.29) is 12.1 Å². The monoisotopic (exact) mass is 273 g/mol. The van der Waals surface area contributed by atoms with Crippen LogP contribution in [0.25, 0.3) is 11.0 Å². The summed E-state index contributed by atoms with van der Waals surface area (Å²) in [6.45, 7) is 1.67. The second-order valence-electron chi connectivity index (χ2n) is 4.24. The second kappa shape index (κ2) is 5.22. The highest BCUT2D eigenvalue weighted by atomic mass is 19.4. The zero-order valence-corrected chi connectivity index (χ0v) is 10.2. The number of nitrogens with one attached hydrogen (secondary N) is 1. The van der Waals surface area contributed by atoms with Crippen LogP contribution in [0.3, 0.4) is 0 Å². The van der Waals surface area contributed by atoms with Crippen molar-refractivity contribution < 1.29 is 22.7 Å². The van der Waals surface area contributed by atoms with E-state index in [2.05, 4.69) is 5.32 Å². The smallest absolute Gasteiger partial charge is 0.406 e. The number of benzene rings is 1. The third-order valence-electron chi connectivity index (χ3n) is 2.91. The molecule has 104 valence electrons. The first kappa shape index (κ1) is 13.9. The summed E-state index contributed by atoms with van der Waals surface area (Å²) in [7, 11) is 0. The van der Waals surface area contributed by atoms with Gasteiger partial charge in [-0.3, -0.25) is 0 Å². The normalized spacial score (nSPS) is 15.6. The van der Waals surface area contributed by atoms with Crippen molar-refractivity contribution in [3.63, 3.8) is 0 Å². The zero-order valence-electron chi connectivity index (χ0n) is 10.2. The van der Waals surface area contributed by atoms with Crippen molar-refractivity contribution in [2.45, 2.75) is 25.2 Å². The molecule has 1 aromatic heterocycles. The van der Waals surface area contributed by atoms with Crippen molar-refractivity contribution in [2.24, 2.45) is 0 Å². The zero-order chi connectivity index (χ0) is 14.0. The summed E-state index contributed by atoms with van der Waals surface area (Å²) in [5, 5.41) is 13.0. The van der Waals surface area contributed by atoms with Gasteiger partial charge in [-0.2, -0.15) is 13.2 Å². The highest BCUT2D eigenvalue weighted by molar-refractivity contribution is 5.77. The molecule has 1 heterocycles. The molecule has 0 aliphatic heterocycles. The molecule has 0 saturated carbocycles. The Morgan fingerprint density at radius 3 is 2.68 bits per heavy atom. The van der Waals surface area contributed by atoms with E-state index in [1.807, 2.05) is 0 Å². The number of likely N-dealkylation sites (N-methyl/N-ethyl adjacent to an activating group) is 1. The Hall–Kier alpha value is -1.53. The van der Waals surface area contributed by atoms with Gasteiger partial charge in [0.1, 0.15) is 17.7 Å². The minimum Gasteiger partial charge on any atom is -0.464 e. The van der Waals surface area contributed by atoms with E-state index >= 15 is 0 Å². The Morgan fingerprint density at radius 1 is 1.32 bits per heavy atom. The lowest BCUT2D eigenvalue weighted by Gasteiger charge is -2.26. The summed E-state index contributed by atoms with van der Waals surface area (Å²) in [5.74, 6) is 0. The number of furan rings is 1. The van der Waals surface area contributed by atoms with Crippen LogP contribution in [0.15, 0.2) is 34.9 Å². The molecule has 2 aromatic rings. The van der Waals surface area contributed by atoms with Crippen LogP contribution >= 0.6 is 0 Å². The summed E-state index contributed by atoms with van der Waals surface area (Å²) >= 11 is 0. The molecule has 0 aliphatic rings. The fourth-order valence-corrected chi connectivity index (χ4v) is 1.97. The van der Waals surface area contributed by atoms with Crippen LogP contribution in [0.2, 0.25) is 0 Å². The van der Waals surface area contributed by atoms with Gasteiger partial charge < -0.3 is 14.8 Å². The van der Waals surface area contributed by atoms with Gasteiger partial charge >= 0.3 is 6.18 Å². The number of rotatable bonds is 4. The van der Waals surface area contributed by atoms with Crippen molar-refractivity contribution in [1.82, 2.24) is 5.32 Å². The Morgan fingerprint density at radius 2 is 2.05 bits per heavy atom. The lowest BCUT2D eigenvalue weighted by molar-refractivity contribution is -0.178. The van der Waals surface area contributed by atoms with E-state index in [1.165, 1.54) is 18.4 Å². The van der Waals surface area contributed by atoms with Gasteiger partial charge in [-0.15, -0.1) is 0 Å². The van der Waals surface area contributed by atoms with Crippen LogP contribution in [-0.2, 0) is 0 Å². The summed E-state index contributed by atoms with van der Waals surface area (Å²) in [6.07, 6.45) is -4.74. The van der Waals surface area contributed by atoms with Crippen LogP contribution in [0.1, 0.15) is 18.6 Å². The van der Waals surface area contributed by atoms with Crippen molar-refractivity contribution in [1.29, 1.82) is 0 Å². The van der Waals surface area contributed by atoms with Gasteiger partial charge in [-0.1, -0.05) is 19.1 Å². The number of hydrogen-bond donors (Lipinski definition) is 2. The first-order valence-corrected chi connectivity index (χ1v) is 5.89. The van der Waals surface area contributed by atoms with E-state index in [1.54, 1.807) is 19.1 Å². The van der Waals surface area contributed by atoms with Crippen LogP contribution < -0.4 is 5.32 Å². The lowest BCUT2D eigenvalue weighted by atomic mass is 10.0. The summed E-state index contributed by atoms with van der Waals surface area (Å²) in [4.78, 5) is 0. The predicted molar refractivity (Wildman–Crippen MR) is 64.7 cm³/mol. The van der Waals surface area contributed by atoms with Crippen LogP contribution in [0.4, 0.5) is 13.2 Å². The van der Waals surface area contributed by atoms with Gasteiger partial charge in [0.2, 0.25) is 0 Å². The van der Waals surface area contributed by atoms with Crippen LogP contribution in [0, 0.1) is 0 Å². The average Bonchev–Trinajstić information content (AvgIpc) is 2.80. The van der Waals surface area contributed by atoms with E-state index in [0.29, 0.717) is 5.58 Å². The first-order valence-electron chi connectivity index (χ1n) is 5.89. The molecular weight excluding hydrogens is 259 g/mol. The molecule has 2 unspecified atom stereocenters. The molecule has 0 spiro atoms. The van der Waals surface area contributed by atoms with Gasteiger partial charge in [0.05, 0.1) is 6.26 Å². The molecule has 0 amide bonds. The van der Waals surface area contributed by atoms with E-state index < -0.39 is 18.3 Å². The second-order valence-corrected chi connectivity index (χ2v) is 4.24. The molecule has 0 radical (unpaired) electrons. The highest BCUT2D eigenvalue weighted by Gasteiger charge is 2.44. The number of hydrogen-bond acceptors (Lipinski definition) is 3. The molecule has 1 aromatic carbocycles. The summed E-state index contributed by atoms with van der Waals surface area (Å²) in [6, 6.07) is 4.23. The molecule has 0 bridgehead atoms. The summed E-state index contributed by atoms with van der Waals surface area (Å²) in [5.41, 5.74) is 0.625. The predicted octanol–water partition coefficient (Wildman–Crippen LogP) is 3.01. The van der Waals surface area contributed by atoms with Gasteiger partial charge in [-0.05, 0) is 24.2 Å². The van der Waals surface area contributed by atoms with Crippen molar-refractivity contribution in [2.75, 3.05) is 6.54 Å². The molecule has 2 rings (SSSR count). The molecule has 0 aliphatic carbocycles. The van der Waals surface area contributed by atoms with Crippen molar-refractivity contribution in [3.8, 4) is 0 Å². The van der Waals surface area contributed by atoms with Gasteiger partial charge in [0.25, 0.3) is 0 Å². The average molecular weight is 273 g/mol. The highest BCUT2D eigenvalue weighted by Crippen LogP contribution is 2.31. The maximum atomic E-state index is 12.9. The van der Waals surface area contributed by atoms with E-state index in [9.17, 15) is 18.3 Å². The minimum absolute atomic E-state index is 0.115. The fraction of sp³-hybridized carbons (Fsp3) is 0.385. The van der Waals surface area contributed by atoms with Gasteiger partial charge in [-0.25, -0.2) is 0 Å². The number of halogens is 3. The van der Waals surface area contributed by atoms with Crippen LogP contribution in [0.5, 0.6) is 0 Å². The van der Waals surface area contributed by atoms with E-state index in [0.717, 1.165) is 5.39 Å². The van der Waals surface area contributed by atoms with Crippen molar-refractivity contribution in [3.05, 3.63) is 36.1 Å². The van der Waals surface area contributed by atoms with E-state index in [4.69, 9.17) is 4.42 Å². The quantitative estimate of drug-likeness (QED) is 0.900. The molecule has 2 atom stereocenters. The standard InChI is InChI=1S/C13H14F3NO2/c1-2-17-12(13(14,15)16)11(18)9-4-3-8-5-6-19-10(8)7-9/h3-7,11-12,17-18H,2H2,1H3. The molecule has 6 heteroatoms. The number of alkyl halides is 3. The first-order chi connectivity index (χ1) is 8.93. The number of aliphatic hydroxyl groups is 1. The van der Waals surface area contributed by atoms with Crippen LogP contribution in [-0.4, -0.2) is 23.9 Å². The number of fused-ring (bicyclic) bond motifs is 1. The SMILES string of the molecule is CCNC(C(O)c1ccc2ccoc2c1)C(F)(F)F. The fourth-order valence-electron chi connectivity index (χ4n) is 1.97. The topological polar surface area (TPSA) is 45.4 Å². The number of aliphatic hydroxyl groups excluding tert-OH is 1. The summed E-state index contributed by atoms with van der Waals surface area (Å²) < 4.78 is 43.7. The Labute approximate surface area is 108 Å².